The van der Waals surface area contributed by atoms with E-state index >= 15 is 0 Å². The smallest absolute Gasteiger partial charge is 0.261 e. The maximum absolute atomic E-state index is 13.5. The van der Waals surface area contributed by atoms with Gasteiger partial charge in [-0.3, -0.25) is 9.59 Å². The number of aryl methyl sites for hydroxylation is 1. The van der Waals surface area contributed by atoms with Gasteiger partial charge in [-0.25, -0.2) is 0 Å². The van der Waals surface area contributed by atoms with Crippen molar-refractivity contribution in [2.24, 2.45) is 0 Å². The highest BCUT2D eigenvalue weighted by molar-refractivity contribution is 6.30. The minimum Gasteiger partial charge on any atom is -0.484 e. The van der Waals surface area contributed by atoms with Crippen LogP contribution in [0, 0.1) is 6.92 Å². The minimum atomic E-state index is -0.671. The molecule has 3 rings (SSSR count). The van der Waals surface area contributed by atoms with Crippen molar-refractivity contribution in [2.75, 3.05) is 13.2 Å². The topological polar surface area (TPSA) is 58.6 Å². The number of carbonyl (C=O) groups excluding carboxylic acids is 2. The van der Waals surface area contributed by atoms with Crippen molar-refractivity contribution in [1.82, 2.24) is 10.2 Å². The molecule has 2 amide bonds. The first kappa shape index (κ1) is 25.3. The van der Waals surface area contributed by atoms with E-state index in [0.29, 0.717) is 30.3 Å². The van der Waals surface area contributed by atoms with Gasteiger partial charge in [-0.1, -0.05) is 73.1 Å². The van der Waals surface area contributed by atoms with Gasteiger partial charge in [0.15, 0.2) is 6.61 Å². The quantitative estimate of drug-likeness (QED) is 0.412. The number of nitrogens with zero attached hydrogens (tertiary/aromatic N) is 1. The van der Waals surface area contributed by atoms with Crippen molar-refractivity contribution in [2.45, 2.75) is 39.3 Å². The molecule has 0 aliphatic heterocycles. The lowest BCUT2D eigenvalue weighted by molar-refractivity contribution is -0.142. The summed E-state index contributed by atoms with van der Waals surface area (Å²) in [7, 11) is 0. The van der Waals surface area contributed by atoms with Crippen LogP contribution in [-0.2, 0) is 22.6 Å². The number of rotatable bonds is 11. The molecule has 3 aromatic rings. The fraction of sp³-hybridized carbons (Fsp3) is 0.286. The summed E-state index contributed by atoms with van der Waals surface area (Å²) in [5.41, 5.74) is 3.04. The molecule has 0 saturated heterocycles. The molecule has 6 heteroatoms. The van der Waals surface area contributed by atoms with E-state index in [-0.39, 0.29) is 18.4 Å². The molecule has 178 valence electrons. The first-order chi connectivity index (χ1) is 16.5. The van der Waals surface area contributed by atoms with Gasteiger partial charge in [-0.05, 0) is 54.3 Å². The molecule has 5 nitrogen and oxygen atoms in total. The summed E-state index contributed by atoms with van der Waals surface area (Å²) in [4.78, 5) is 28.4. The minimum absolute atomic E-state index is 0.167. The van der Waals surface area contributed by atoms with Crippen molar-refractivity contribution < 1.29 is 14.3 Å². The molecule has 0 saturated carbocycles. The fourth-order valence-corrected chi connectivity index (χ4v) is 3.78. The molecule has 0 heterocycles. The van der Waals surface area contributed by atoms with Crippen LogP contribution in [0.5, 0.6) is 5.75 Å². The maximum atomic E-state index is 13.5. The van der Waals surface area contributed by atoms with Gasteiger partial charge in [0.25, 0.3) is 5.91 Å². The summed E-state index contributed by atoms with van der Waals surface area (Å²) in [5, 5.41) is 3.57. The first-order valence-corrected chi connectivity index (χ1v) is 11.9. The molecule has 0 radical (unpaired) electrons. The Hall–Kier alpha value is -3.31. The molecule has 34 heavy (non-hydrogen) atoms. The van der Waals surface area contributed by atoms with Crippen LogP contribution >= 0.6 is 11.6 Å². The molecule has 3 aromatic carbocycles. The lowest BCUT2D eigenvalue weighted by Gasteiger charge is -2.32. The lowest BCUT2D eigenvalue weighted by Crippen LogP contribution is -2.51. The number of carbonyl (C=O) groups is 2. The zero-order chi connectivity index (χ0) is 24.3. The molecule has 1 unspecified atom stereocenters. The maximum Gasteiger partial charge on any atom is 0.261 e. The predicted octanol–water partition coefficient (Wildman–Crippen LogP) is 5.19. The van der Waals surface area contributed by atoms with Crippen LogP contribution in [0.1, 0.15) is 30.0 Å². The van der Waals surface area contributed by atoms with E-state index in [9.17, 15) is 9.59 Å². The Morgan fingerprint density at radius 3 is 2.32 bits per heavy atom. The van der Waals surface area contributed by atoms with Crippen LogP contribution in [0.2, 0.25) is 5.02 Å². The standard InChI is InChI=1S/C28H31ClN2O3/c1-3-17-30-28(33)26(18-22-10-5-4-6-11-22)31(19-23-12-8-7-9-21(23)2)27(32)20-34-25-15-13-24(29)14-16-25/h4-16,26H,3,17-20H2,1-2H3,(H,30,33). The molecule has 1 atom stereocenters. The second-order valence-corrected chi connectivity index (χ2v) is 8.62. The average molecular weight is 479 g/mol. The van der Waals surface area contributed by atoms with E-state index < -0.39 is 6.04 Å². The highest BCUT2D eigenvalue weighted by Crippen LogP contribution is 2.19. The summed E-state index contributed by atoms with van der Waals surface area (Å²) >= 11 is 5.95. The molecular weight excluding hydrogens is 448 g/mol. The van der Waals surface area contributed by atoms with E-state index in [0.717, 1.165) is 23.1 Å². The van der Waals surface area contributed by atoms with Gasteiger partial charge in [0.05, 0.1) is 0 Å². The number of benzene rings is 3. The van der Waals surface area contributed by atoms with Crippen molar-refractivity contribution >= 4 is 23.4 Å². The first-order valence-electron chi connectivity index (χ1n) is 11.5. The Balaban J connectivity index is 1.89. The largest absolute Gasteiger partial charge is 0.484 e. The number of amides is 2. The van der Waals surface area contributed by atoms with E-state index in [1.54, 1.807) is 29.2 Å². The van der Waals surface area contributed by atoms with Crippen LogP contribution in [-0.4, -0.2) is 35.9 Å². The van der Waals surface area contributed by atoms with Gasteiger partial charge < -0.3 is 15.0 Å². The number of ether oxygens (including phenoxy) is 1. The number of nitrogens with one attached hydrogen (secondary N) is 1. The van der Waals surface area contributed by atoms with Crippen LogP contribution in [0.15, 0.2) is 78.9 Å². The summed E-state index contributed by atoms with van der Waals surface area (Å²) in [6.07, 6.45) is 1.23. The molecule has 0 aromatic heterocycles. The second kappa shape index (κ2) is 12.8. The molecule has 0 bridgehead atoms. The Morgan fingerprint density at radius 2 is 1.65 bits per heavy atom. The van der Waals surface area contributed by atoms with Gasteiger partial charge in [-0.2, -0.15) is 0 Å². The van der Waals surface area contributed by atoms with Crippen LogP contribution < -0.4 is 10.1 Å². The molecule has 0 aliphatic rings. The molecule has 0 spiro atoms. The third kappa shape index (κ3) is 7.35. The van der Waals surface area contributed by atoms with E-state index in [1.165, 1.54) is 0 Å². The predicted molar refractivity (Wildman–Crippen MR) is 136 cm³/mol. The molecule has 1 N–H and O–H groups in total. The van der Waals surface area contributed by atoms with E-state index in [2.05, 4.69) is 5.32 Å². The lowest BCUT2D eigenvalue weighted by atomic mass is 10.0. The van der Waals surface area contributed by atoms with E-state index in [4.69, 9.17) is 16.3 Å². The zero-order valence-corrected chi connectivity index (χ0v) is 20.4. The Labute approximate surface area is 206 Å². The molecule has 0 aliphatic carbocycles. The van der Waals surface area contributed by atoms with Gasteiger partial charge in [0.1, 0.15) is 11.8 Å². The van der Waals surface area contributed by atoms with Gasteiger partial charge in [0.2, 0.25) is 5.91 Å². The second-order valence-electron chi connectivity index (χ2n) is 8.19. The molecule has 0 fully saturated rings. The highest BCUT2D eigenvalue weighted by atomic mass is 35.5. The molecular formula is C28H31ClN2O3. The number of halogens is 1. The Morgan fingerprint density at radius 1 is 0.971 bits per heavy atom. The number of hydrogen-bond acceptors (Lipinski definition) is 3. The zero-order valence-electron chi connectivity index (χ0n) is 19.7. The summed E-state index contributed by atoms with van der Waals surface area (Å²) in [6, 6.07) is 23.8. The van der Waals surface area contributed by atoms with Crippen molar-refractivity contribution in [1.29, 1.82) is 0 Å². The Bertz CT molecular complexity index is 1070. The summed E-state index contributed by atoms with van der Waals surface area (Å²) in [6.45, 7) is 4.69. The van der Waals surface area contributed by atoms with Crippen molar-refractivity contribution in [3.63, 3.8) is 0 Å². The average Bonchev–Trinajstić information content (AvgIpc) is 2.85. The Kier molecular flexibility index (Phi) is 9.53. The third-order valence-corrected chi connectivity index (χ3v) is 5.85. The van der Waals surface area contributed by atoms with Gasteiger partial charge >= 0.3 is 0 Å². The van der Waals surface area contributed by atoms with Crippen LogP contribution in [0.25, 0.3) is 0 Å². The highest BCUT2D eigenvalue weighted by Gasteiger charge is 2.30. The monoisotopic (exact) mass is 478 g/mol. The van der Waals surface area contributed by atoms with E-state index in [1.807, 2.05) is 68.4 Å². The number of hydrogen-bond donors (Lipinski definition) is 1. The summed E-state index contributed by atoms with van der Waals surface area (Å²) in [5.74, 6) is 0.119. The van der Waals surface area contributed by atoms with Crippen molar-refractivity contribution in [3.8, 4) is 5.75 Å². The van der Waals surface area contributed by atoms with Crippen LogP contribution in [0.3, 0.4) is 0 Å². The third-order valence-electron chi connectivity index (χ3n) is 5.60. The van der Waals surface area contributed by atoms with Crippen molar-refractivity contribution in [3.05, 3.63) is 101 Å². The SMILES string of the molecule is CCCNC(=O)C(Cc1ccccc1)N(Cc1ccccc1C)C(=O)COc1ccc(Cl)cc1. The van der Waals surface area contributed by atoms with Crippen LogP contribution in [0.4, 0.5) is 0 Å². The van der Waals surface area contributed by atoms with Gasteiger partial charge in [-0.15, -0.1) is 0 Å². The normalized spacial score (nSPS) is 11.5. The van der Waals surface area contributed by atoms with Gasteiger partial charge in [0, 0.05) is 24.5 Å². The fourth-order valence-electron chi connectivity index (χ4n) is 3.65. The summed E-state index contributed by atoms with van der Waals surface area (Å²) < 4.78 is 5.75.